The molecule has 1 N–H and O–H groups in total. The van der Waals surface area contributed by atoms with Crippen molar-refractivity contribution in [3.8, 4) is 0 Å². The molecular weight excluding hydrogens is 234 g/mol. The molecule has 0 aromatic carbocycles. The number of hydrogen-bond acceptors (Lipinski definition) is 3. The number of fused-ring (bicyclic) bond motifs is 1. The third-order valence-corrected chi connectivity index (χ3v) is 5.19. The molecule has 3 aliphatic rings. The van der Waals surface area contributed by atoms with Crippen molar-refractivity contribution in [1.29, 1.82) is 0 Å². The van der Waals surface area contributed by atoms with Gasteiger partial charge < -0.3 is 5.32 Å². The van der Waals surface area contributed by atoms with Crippen molar-refractivity contribution in [2.24, 2.45) is 5.92 Å². The van der Waals surface area contributed by atoms with Crippen molar-refractivity contribution in [1.82, 2.24) is 15.1 Å². The van der Waals surface area contributed by atoms with Gasteiger partial charge in [-0.3, -0.25) is 9.80 Å². The van der Waals surface area contributed by atoms with E-state index < -0.39 is 0 Å². The van der Waals surface area contributed by atoms with E-state index in [1.807, 2.05) is 0 Å². The highest BCUT2D eigenvalue weighted by molar-refractivity contribution is 4.90. The lowest BCUT2D eigenvalue weighted by molar-refractivity contribution is 0.00890. The Balaban J connectivity index is 1.46. The molecule has 0 spiro atoms. The highest BCUT2D eigenvalue weighted by Crippen LogP contribution is 2.24. The standard InChI is InChI=1S/C16H31N3/c1-13(9-17-15-6-7-15)10-19-12-16-5-3-4-8-18(16)11-14(19)2/h13-17H,3-12H2,1-2H3. The number of piperazine rings is 1. The van der Waals surface area contributed by atoms with Crippen LogP contribution in [0.4, 0.5) is 0 Å². The van der Waals surface area contributed by atoms with Crippen molar-refractivity contribution in [2.45, 2.75) is 64.1 Å². The van der Waals surface area contributed by atoms with Gasteiger partial charge in [-0.15, -0.1) is 0 Å². The summed E-state index contributed by atoms with van der Waals surface area (Å²) in [6.07, 6.45) is 7.11. The maximum absolute atomic E-state index is 3.68. The molecule has 2 heterocycles. The molecule has 0 aromatic heterocycles. The third kappa shape index (κ3) is 3.71. The van der Waals surface area contributed by atoms with Crippen LogP contribution in [-0.4, -0.2) is 60.6 Å². The fourth-order valence-electron chi connectivity index (χ4n) is 3.79. The van der Waals surface area contributed by atoms with Gasteiger partial charge in [-0.2, -0.15) is 0 Å². The highest BCUT2D eigenvalue weighted by Gasteiger charge is 2.33. The third-order valence-electron chi connectivity index (χ3n) is 5.19. The summed E-state index contributed by atoms with van der Waals surface area (Å²) in [5.41, 5.74) is 0. The van der Waals surface area contributed by atoms with Gasteiger partial charge in [0.05, 0.1) is 0 Å². The van der Waals surface area contributed by atoms with Crippen LogP contribution in [0.1, 0.15) is 46.0 Å². The van der Waals surface area contributed by atoms with Gasteiger partial charge in [0.1, 0.15) is 0 Å². The van der Waals surface area contributed by atoms with Gasteiger partial charge in [0.2, 0.25) is 0 Å². The molecule has 19 heavy (non-hydrogen) atoms. The molecule has 0 amide bonds. The Hall–Kier alpha value is -0.120. The minimum absolute atomic E-state index is 0.748. The Morgan fingerprint density at radius 1 is 1.16 bits per heavy atom. The molecule has 3 fully saturated rings. The molecule has 0 bridgehead atoms. The zero-order valence-electron chi connectivity index (χ0n) is 12.8. The Bertz CT molecular complexity index is 290. The highest BCUT2D eigenvalue weighted by atomic mass is 15.3. The normalized spacial score (nSPS) is 35.1. The van der Waals surface area contributed by atoms with E-state index in [0.717, 1.165) is 24.0 Å². The van der Waals surface area contributed by atoms with Crippen molar-refractivity contribution >= 4 is 0 Å². The smallest absolute Gasteiger partial charge is 0.0223 e. The largest absolute Gasteiger partial charge is 0.314 e. The first-order valence-electron chi connectivity index (χ1n) is 8.44. The monoisotopic (exact) mass is 265 g/mol. The summed E-state index contributed by atoms with van der Waals surface area (Å²) in [6, 6.07) is 2.46. The fraction of sp³-hybridized carbons (Fsp3) is 1.00. The molecule has 0 aromatic rings. The molecule has 0 radical (unpaired) electrons. The van der Waals surface area contributed by atoms with E-state index in [2.05, 4.69) is 29.0 Å². The average Bonchev–Trinajstić information content (AvgIpc) is 3.21. The molecule has 3 atom stereocenters. The van der Waals surface area contributed by atoms with Crippen molar-refractivity contribution in [3.05, 3.63) is 0 Å². The first-order valence-corrected chi connectivity index (χ1v) is 8.44. The molecule has 3 nitrogen and oxygen atoms in total. The Kier molecular flexibility index (Phi) is 4.45. The number of rotatable bonds is 5. The number of nitrogens with one attached hydrogen (secondary N) is 1. The first kappa shape index (κ1) is 13.8. The second-order valence-electron chi connectivity index (χ2n) is 7.24. The minimum atomic E-state index is 0.748. The lowest BCUT2D eigenvalue weighted by atomic mass is 9.96. The van der Waals surface area contributed by atoms with Gasteiger partial charge in [0.15, 0.2) is 0 Å². The van der Waals surface area contributed by atoms with Crippen LogP contribution in [0.5, 0.6) is 0 Å². The van der Waals surface area contributed by atoms with Crippen LogP contribution in [0.15, 0.2) is 0 Å². The summed E-state index contributed by atoms with van der Waals surface area (Å²) in [4.78, 5) is 5.50. The second-order valence-corrected chi connectivity index (χ2v) is 7.24. The van der Waals surface area contributed by atoms with E-state index in [9.17, 15) is 0 Å². The molecule has 1 saturated carbocycles. The van der Waals surface area contributed by atoms with Gasteiger partial charge in [-0.1, -0.05) is 13.3 Å². The van der Waals surface area contributed by atoms with E-state index in [4.69, 9.17) is 0 Å². The summed E-state index contributed by atoms with van der Waals surface area (Å²) >= 11 is 0. The lowest BCUT2D eigenvalue weighted by Gasteiger charge is -2.48. The number of piperidine rings is 1. The van der Waals surface area contributed by atoms with Crippen LogP contribution in [0.3, 0.4) is 0 Å². The maximum Gasteiger partial charge on any atom is 0.0223 e. The number of nitrogens with zero attached hydrogens (tertiary/aromatic N) is 2. The number of hydrogen-bond donors (Lipinski definition) is 1. The van der Waals surface area contributed by atoms with E-state index in [1.54, 1.807) is 0 Å². The topological polar surface area (TPSA) is 18.5 Å². The van der Waals surface area contributed by atoms with Gasteiger partial charge in [0.25, 0.3) is 0 Å². The van der Waals surface area contributed by atoms with Gasteiger partial charge in [-0.25, -0.2) is 0 Å². The van der Waals surface area contributed by atoms with Gasteiger partial charge in [0, 0.05) is 37.8 Å². The molecule has 1 aliphatic carbocycles. The lowest BCUT2D eigenvalue weighted by Crippen LogP contribution is -2.59. The van der Waals surface area contributed by atoms with E-state index in [-0.39, 0.29) is 0 Å². The van der Waals surface area contributed by atoms with E-state index in [0.29, 0.717) is 0 Å². The molecular formula is C16H31N3. The second kappa shape index (κ2) is 6.11. The molecule has 2 saturated heterocycles. The zero-order valence-corrected chi connectivity index (χ0v) is 12.8. The molecule has 2 aliphatic heterocycles. The Morgan fingerprint density at radius 2 is 2.00 bits per heavy atom. The molecule has 3 unspecified atom stereocenters. The SMILES string of the molecule is CC(CNC1CC1)CN1CC2CCCCN2CC1C. The Labute approximate surface area is 118 Å². The molecule has 110 valence electrons. The van der Waals surface area contributed by atoms with Crippen LogP contribution in [0, 0.1) is 5.92 Å². The summed E-state index contributed by atoms with van der Waals surface area (Å²) in [6.45, 7) is 11.3. The molecule has 3 rings (SSSR count). The first-order chi connectivity index (χ1) is 9.22. The minimum Gasteiger partial charge on any atom is -0.314 e. The summed E-state index contributed by atoms with van der Waals surface area (Å²) < 4.78 is 0. The summed E-state index contributed by atoms with van der Waals surface area (Å²) in [5.74, 6) is 0.790. The van der Waals surface area contributed by atoms with Crippen LogP contribution < -0.4 is 5.32 Å². The van der Waals surface area contributed by atoms with Gasteiger partial charge in [-0.05, 0) is 51.6 Å². The Morgan fingerprint density at radius 3 is 2.79 bits per heavy atom. The van der Waals surface area contributed by atoms with Gasteiger partial charge >= 0.3 is 0 Å². The van der Waals surface area contributed by atoms with E-state index in [1.165, 1.54) is 64.8 Å². The summed E-state index contributed by atoms with van der Waals surface area (Å²) in [5, 5.41) is 3.68. The van der Waals surface area contributed by atoms with Crippen molar-refractivity contribution in [3.63, 3.8) is 0 Å². The van der Waals surface area contributed by atoms with Crippen LogP contribution >= 0.6 is 0 Å². The quantitative estimate of drug-likeness (QED) is 0.819. The fourth-order valence-corrected chi connectivity index (χ4v) is 3.79. The summed E-state index contributed by atoms with van der Waals surface area (Å²) in [7, 11) is 0. The van der Waals surface area contributed by atoms with E-state index >= 15 is 0 Å². The van der Waals surface area contributed by atoms with Crippen LogP contribution in [0.2, 0.25) is 0 Å². The maximum atomic E-state index is 3.68. The predicted molar refractivity (Wildman–Crippen MR) is 80.4 cm³/mol. The average molecular weight is 265 g/mol. The van der Waals surface area contributed by atoms with Crippen LogP contribution in [0.25, 0.3) is 0 Å². The van der Waals surface area contributed by atoms with Crippen molar-refractivity contribution < 1.29 is 0 Å². The van der Waals surface area contributed by atoms with Crippen LogP contribution in [-0.2, 0) is 0 Å². The predicted octanol–water partition coefficient (Wildman–Crippen LogP) is 1.93. The van der Waals surface area contributed by atoms with Crippen molar-refractivity contribution in [2.75, 3.05) is 32.7 Å². The molecule has 3 heteroatoms. The zero-order chi connectivity index (χ0) is 13.2.